The molecule has 0 aliphatic carbocycles. The number of benzene rings is 2. The lowest BCUT2D eigenvalue weighted by atomic mass is 9.81. The van der Waals surface area contributed by atoms with Crippen LogP contribution >= 0.6 is 0 Å². The predicted octanol–water partition coefficient (Wildman–Crippen LogP) is 4.08. The van der Waals surface area contributed by atoms with Crippen LogP contribution in [0, 0.1) is 0 Å². The molecular formula is C26H34N2O3. The maximum atomic E-state index is 6.19. The minimum atomic E-state index is 0.408. The number of nitrogens with zero attached hydrogens (tertiary/aromatic N) is 2. The summed E-state index contributed by atoms with van der Waals surface area (Å²) in [6.07, 6.45) is 3.59. The van der Waals surface area contributed by atoms with Crippen LogP contribution in [0.15, 0.2) is 42.5 Å². The van der Waals surface area contributed by atoms with Gasteiger partial charge in [0.1, 0.15) is 11.5 Å². The second-order valence-electron chi connectivity index (χ2n) is 8.93. The van der Waals surface area contributed by atoms with E-state index in [0.717, 1.165) is 63.9 Å². The third kappa shape index (κ3) is 4.59. The SMILES string of the molecule is COc1ccc([C@H]2CN3CCC[C@H]3c3cc(OCCCN4CCOCC4)ccc32)cc1. The number of hydrogen-bond acceptors (Lipinski definition) is 5. The second-order valence-corrected chi connectivity index (χ2v) is 8.93. The molecule has 2 fully saturated rings. The van der Waals surface area contributed by atoms with Gasteiger partial charge < -0.3 is 14.2 Å². The number of rotatable bonds is 7. The van der Waals surface area contributed by atoms with E-state index in [-0.39, 0.29) is 0 Å². The van der Waals surface area contributed by atoms with Crippen molar-refractivity contribution in [2.75, 3.05) is 59.7 Å². The maximum Gasteiger partial charge on any atom is 0.119 e. The molecule has 2 saturated heterocycles. The molecule has 3 heterocycles. The molecule has 0 saturated carbocycles. The van der Waals surface area contributed by atoms with Crippen LogP contribution in [0.2, 0.25) is 0 Å². The first-order chi connectivity index (χ1) is 15.3. The Kier molecular flexibility index (Phi) is 6.44. The zero-order chi connectivity index (χ0) is 21.0. The Morgan fingerprint density at radius 1 is 0.968 bits per heavy atom. The standard InChI is InChI=1S/C26H34N2O3/c1-29-21-7-5-20(6-8-21)25-19-28-12-2-4-26(28)24-18-22(9-10-23(24)25)31-15-3-11-27-13-16-30-17-14-27/h5-10,18,25-26H,2-4,11-17,19H2,1H3/t25-,26+/m1/s1. The number of ether oxygens (including phenoxy) is 3. The topological polar surface area (TPSA) is 34.2 Å². The van der Waals surface area contributed by atoms with Gasteiger partial charge in [-0.1, -0.05) is 18.2 Å². The van der Waals surface area contributed by atoms with Crippen LogP contribution in [0.4, 0.5) is 0 Å². The van der Waals surface area contributed by atoms with Gasteiger partial charge in [0.05, 0.1) is 26.9 Å². The molecule has 0 spiro atoms. The molecule has 2 atom stereocenters. The van der Waals surface area contributed by atoms with Gasteiger partial charge in [-0.3, -0.25) is 9.80 Å². The molecule has 3 aliphatic rings. The van der Waals surface area contributed by atoms with Crippen molar-refractivity contribution in [3.8, 4) is 11.5 Å². The quantitative estimate of drug-likeness (QED) is 0.628. The molecule has 3 aliphatic heterocycles. The van der Waals surface area contributed by atoms with Crippen molar-refractivity contribution >= 4 is 0 Å². The van der Waals surface area contributed by atoms with Crippen molar-refractivity contribution in [3.63, 3.8) is 0 Å². The number of morpholine rings is 1. The largest absolute Gasteiger partial charge is 0.497 e. The lowest BCUT2D eigenvalue weighted by molar-refractivity contribution is 0.0358. The highest BCUT2D eigenvalue weighted by Crippen LogP contribution is 2.45. The first-order valence-corrected chi connectivity index (χ1v) is 11.8. The van der Waals surface area contributed by atoms with E-state index in [0.29, 0.717) is 12.0 Å². The zero-order valence-electron chi connectivity index (χ0n) is 18.6. The van der Waals surface area contributed by atoms with Gasteiger partial charge in [0.2, 0.25) is 0 Å². The first kappa shape index (κ1) is 20.8. The highest BCUT2D eigenvalue weighted by molar-refractivity contribution is 5.47. The molecule has 5 heteroatoms. The van der Waals surface area contributed by atoms with Crippen LogP contribution < -0.4 is 9.47 Å². The monoisotopic (exact) mass is 422 g/mol. The van der Waals surface area contributed by atoms with E-state index in [1.54, 1.807) is 7.11 Å². The number of methoxy groups -OCH3 is 1. The molecule has 2 aromatic carbocycles. The van der Waals surface area contributed by atoms with Gasteiger partial charge in [0, 0.05) is 38.1 Å². The Hall–Kier alpha value is -2.08. The molecule has 0 aromatic heterocycles. The minimum absolute atomic E-state index is 0.408. The lowest BCUT2D eigenvalue weighted by Gasteiger charge is -2.37. The Labute approximate surface area is 185 Å². The summed E-state index contributed by atoms with van der Waals surface area (Å²) in [4.78, 5) is 5.13. The molecule has 5 rings (SSSR count). The average Bonchev–Trinajstić information content (AvgIpc) is 3.31. The summed E-state index contributed by atoms with van der Waals surface area (Å²) in [5, 5.41) is 0. The third-order valence-electron chi connectivity index (χ3n) is 7.08. The Bertz CT molecular complexity index is 863. The summed E-state index contributed by atoms with van der Waals surface area (Å²) in [5.74, 6) is 2.34. The summed E-state index contributed by atoms with van der Waals surface area (Å²) in [6.45, 7) is 7.96. The fourth-order valence-electron chi connectivity index (χ4n) is 5.40. The van der Waals surface area contributed by atoms with Crippen molar-refractivity contribution in [3.05, 3.63) is 59.2 Å². The van der Waals surface area contributed by atoms with Gasteiger partial charge in [0.25, 0.3) is 0 Å². The van der Waals surface area contributed by atoms with Crippen LogP contribution in [0.5, 0.6) is 11.5 Å². The Morgan fingerprint density at radius 2 is 1.77 bits per heavy atom. The van der Waals surface area contributed by atoms with Crippen molar-refractivity contribution in [1.29, 1.82) is 0 Å². The first-order valence-electron chi connectivity index (χ1n) is 11.8. The van der Waals surface area contributed by atoms with E-state index >= 15 is 0 Å². The van der Waals surface area contributed by atoms with Gasteiger partial charge in [-0.2, -0.15) is 0 Å². The van der Waals surface area contributed by atoms with Crippen LogP contribution in [-0.2, 0) is 4.74 Å². The summed E-state index contributed by atoms with van der Waals surface area (Å²) in [6, 6.07) is 16.0. The molecule has 31 heavy (non-hydrogen) atoms. The predicted molar refractivity (Wildman–Crippen MR) is 122 cm³/mol. The van der Waals surface area contributed by atoms with E-state index in [4.69, 9.17) is 14.2 Å². The maximum absolute atomic E-state index is 6.19. The van der Waals surface area contributed by atoms with Gasteiger partial charge in [-0.15, -0.1) is 0 Å². The van der Waals surface area contributed by atoms with Gasteiger partial charge >= 0.3 is 0 Å². The van der Waals surface area contributed by atoms with Crippen molar-refractivity contribution in [1.82, 2.24) is 9.80 Å². The van der Waals surface area contributed by atoms with Crippen LogP contribution in [0.3, 0.4) is 0 Å². The zero-order valence-corrected chi connectivity index (χ0v) is 18.6. The highest BCUT2D eigenvalue weighted by atomic mass is 16.5. The summed E-state index contributed by atoms with van der Waals surface area (Å²) in [5.41, 5.74) is 4.30. The molecular weight excluding hydrogens is 388 g/mol. The summed E-state index contributed by atoms with van der Waals surface area (Å²) < 4.78 is 17.0. The molecule has 2 aromatic rings. The molecule has 0 unspecified atom stereocenters. The van der Waals surface area contributed by atoms with Crippen molar-refractivity contribution in [2.45, 2.75) is 31.2 Å². The van der Waals surface area contributed by atoms with Gasteiger partial charge in [-0.05, 0) is 66.8 Å². The van der Waals surface area contributed by atoms with Gasteiger partial charge in [-0.25, -0.2) is 0 Å². The molecule has 5 nitrogen and oxygen atoms in total. The third-order valence-corrected chi connectivity index (χ3v) is 7.08. The summed E-state index contributed by atoms with van der Waals surface area (Å²) in [7, 11) is 1.72. The summed E-state index contributed by atoms with van der Waals surface area (Å²) >= 11 is 0. The van der Waals surface area contributed by atoms with Crippen molar-refractivity contribution < 1.29 is 14.2 Å². The average molecular weight is 423 g/mol. The van der Waals surface area contributed by atoms with Crippen LogP contribution in [0.25, 0.3) is 0 Å². The fourth-order valence-corrected chi connectivity index (χ4v) is 5.40. The van der Waals surface area contributed by atoms with E-state index in [1.165, 1.54) is 36.1 Å². The minimum Gasteiger partial charge on any atom is -0.497 e. The Morgan fingerprint density at radius 3 is 2.58 bits per heavy atom. The molecule has 166 valence electrons. The van der Waals surface area contributed by atoms with E-state index in [9.17, 15) is 0 Å². The smallest absolute Gasteiger partial charge is 0.119 e. The number of fused-ring (bicyclic) bond motifs is 3. The molecule has 0 N–H and O–H groups in total. The van der Waals surface area contributed by atoms with Crippen LogP contribution in [-0.4, -0.2) is 69.5 Å². The van der Waals surface area contributed by atoms with E-state index in [2.05, 4.69) is 52.3 Å². The highest BCUT2D eigenvalue weighted by Gasteiger charge is 2.36. The number of hydrogen-bond donors (Lipinski definition) is 0. The second kappa shape index (κ2) is 9.60. The van der Waals surface area contributed by atoms with Crippen LogP contribution in [0.1, 0.15) is 47.9 Å². The van der Waals surface area contributed by atoms with Crippen molar-refractivity contribution in [2.24, 2.45) is 0 Å². The fraction of sp³-hybridized carbons (Fsp3) is 0.538. The normalized spacial score (nSPS) is 23.9. The molecule has 0 amide bonds. The lowest BCUT2D eigenvalue weighted by Crippen LogP contribution is -2.37. The molecule has 0 radical (unpaired) electrons. The van der Waals surface area contributed by atoms with E-state index in [1.807, 2.05) is 0 Å². The van der Waals surface area contributed by atoms with Gasteiger partial charge in [0.15, 0.2) is 0 Å². The Balaban J connectivity index is 1.29. The molecule has 0 bridgehead atoms. The van der Waals surface area contributed by atoms with E-state index < -0.39 is 0 Å².